The molecule has 0 aromatic heterocycles. The second kappa shape index (κ2) is 8.92. The minimum atomic E-state index is -0.451. The quantitative estimate of drug-likeness (QED) is 0.810. The van der Waals surface area contributed by atoms with Gasteiger partial charge in [0.05, 0.1) is 12.6 Å². The molecule has 1 aromatic rings. The van der Waals surface area contributed by atoms with E-state index in [1.165, 1.54) is 24.3 Å². The number of benzene rings is 1. The summed E-state index contributed by atoms with van der Waals surface area (Å²) in [5, 5.41) is 2.74. The molecule has 2 amide bonds. The Morgan fingerprint density at radius 2 is 1.76 bits per heavy atom. The normalized spacial score (nSPS) is 16.8. The molecular weight excluding hydrogens is 323 g/mol. The van der Waals surface area contributed by atoms with E-state index in [1.54, 1.807) is 4.90 Å². The lowest BCUT2D eigenvalue weighted by Crippen LogP contribution is -2.54. The fourth-order valence-electron chi connectivity index (χ4n) is 2.91. The van der Waals surface area contributed by atoms with Crippen LogP contribution in [0.2, 0.25) is 0 Å². The number of carbonyl (C=O) groups is 2. The molecule has 138 valence electrons. The summed E-state index contributed by atoms with van der Waals surface area (Å²) in [6.07, 6.45) is 0.680. The van der Waals surface area contributed by atoms with Gasteiger partial charge in [0, 0.05) is 31.9 Å². The number of amides is 2. The number of rotatable bonds is 6. The molecule has 6 nitrogen and oxygen atoms in total. The number of nitrogens with two attached hydrogens (primary N) is 1. The van der Waals surface area contributed by atoms with Crippen molar-refractivity contribution in [3.8, 4) is 0 Å². The smallest absolute Gasteiger partial charge is 0.239 e. The summed E-state index contributed by atoms with van der Waals surface area (Å²) in [5.41, 5.74) is 6.53. The van der Waals surface area contributed by atoms with E-state index in [1.807, 2.05) is 18.7 Å². The van der Waals surface area contributed by atoms with E-state index in [4.69, 9.17) is 5.73 Å². The first kappa shape index (κ1) is 19.3. The molecule has 1 fully saturated rings. The zero-order chi connectivity index (χ0) is 18.4. The van der Waals surface area contributed by atoms with Crippen LogP contribution in [0.15, 0.2) is 24.3 Å². The van der Waals surface area contributed by atoms with Crippen LogP contribution in [-0.4, -0.2) is 60.4 Å². The van der Waals surface area contributed by atoms with Crippen molar-refractivity contribution in [1.82, 2.24) is 9.80 Å². The Morgan fingerprint density at radius 1 is 1.16 bits per heavy atom. The van der Waals surface area contributed by atoms with Crippen LogP contribution in [0.3, 0.4) is 0 Å². The van der Waals surface area contributed by atoms with Crippen LogP contribution in [0.4, 0.5) is 10.1 Å². The Balaban J connectivity index is 1.75. The van der Waals surface area contributed by atoms with E-state index in [2.05, 4.69) is 5.32 Å². The largest absolute Gasteiger partial charge is 0.339 e. The van der Waals surface area contributed by atoms with E-state index < -0.39 is 6.04 Å². The molecule has 0 saturated carbocycles. The predicted molar refractivity (Wildman–Crippen MR) is 95.5 cm³/mol. The number of halogens is 1. The molecule has 25 heavy (non-hydrogen) atoms. The molecule has 1 atom stereocenters. The molecule has 7 heteroatoms. The molecule has 0 bridgehead atoms. The molecule has 1 aliphatic heterocycles. The van der Waals surface area contributed by atoms with Gasteiger partial charge in [-0.1, -0.05) is 13.8 Å². The zero-order valence-corrected chi connectivity index (χ0v) is 14.9. The summed E-state index contributed by atoms with van der Waals surface area (Å²) < 4.78 is 12.9. The van der Waals surface area contributed by atoms with Crippen LogP contribution < -0.4 is 11.1 Å². The molecular formula is C18H27FN4O2. The highest BCUT2D eigenvalue weighted by molar-refractivity contribution is 5.92. The second-order valence-electron chi connectivity index (χ2n) is 6.89. The molecule has 3 N–H and O–H groups in total. The summed E-state index contributed by atoms with van der Waals surface area (Å²) in [4.78, 5) is 28.1. The molecule has 1 aliphatic rings. The summed E-state index contributed by atoms with van der Waals surface area (Å²) in [6.45, 7) is 6.77. The average Bonchev–Trinajstić information content (AvgIpc) is 2.56. The van der Waals surface area contributed by atoms with Gasteiger partial charge in [0.25, 0.3) is 0 Å². The molecule has 0 radical (unpaired) electrons. The van der Waals surface area contributed by atoms with E-state index in [9.17, 15) is 14.0 Å². The van der Waals surface area contributed by atoms with E-state index in [0.717, 1.165) is 0 Å². The number of hydrogen-bond donors (Lipinski definition) is 2. The SMILES string of the molecule is CC(C)C[C@H](N)C(=O)N1CCN(CC(=O)Nc2ccc(F)cc2)CC1. The van der Waals surface area contributed by atoms with Crippen molar-refractivity contribution in [1.29, 1.82) is 0 Å². The number of hydrogen-bond acceptors (Lipinski definition) is 4. The Bertz CT molecular complexity index is 583. The lowest BCUT2D eigenvalue weighted by Gasteiger charge is -2.35. The van der Waals surface area contributed by atoms with Crippen LogP contribution in [0.5, 0.6) is 0 Å². The van der Waals surface area contributed by atoms with Crippen molar-refractivity contribution >= 4 is 17.5 Å². The first-order valence-electron chi connectivity index (χ1n) is 8.67. The standard InChI is InChI=1S/C18H27FN4O2/c1-13(2)11-16(20)18(25)23-9-7-22(8-10-23)12-17(24)21-15-5-3-14(19)4-6-15/h3-6,13,16H,7-12,20H2,1-2H3,(H,21,24)/t16-/m0/s1. The van der Waals surface area contributed by atoms with Crippen LogP contribution in [0.25, 0.3) is 0 Å². The van der Waals surface area contributed by atoms with E-state index in [-0.39, 0.29) is 24.2 Å². The van der Waals surface area contributed by atoms with Gasteiger partial charge in [0.1, 0.15) is 5.82 Å². The Hall–Kier alpha value is -1.99. The van der Waals surface area contributed by atoms with Gasteiger partial charge in [-0.2, -0.15) is 0 Å². The topological polar surface area (TPSA) is 78.7 Å². The monoisotopic (exact) mass is 350 g/mol. The molecule has 1 saturated heterocycles. The van der Waals surface area contributed by atoms with Crippen molar-refractivity contribution in [3.05, 3.63) is 30.1 Å². The van der Waals surface area contributed by atoms with Gasteiger partial charge < -0.3 is 16.0 Å². The van der Waals surface area contributed by atoms with Gasteiger partial charge in [-0.15, -0.1) is 0 Å². The van der Waals surface area contributed by atoms with Crippen molar-refractivity contribution in [3.63, 3.8) is 0 Å². The van der Waals surface area contributed by atoms with Crippen LogP contribution in [0.1, 0.15) is 20.3 Å². The summed E-state index contributed by atoms with van der Waals surface area (Å²) in [6, 6.07) is 5.22. The van der Waals surface area contributed by atoms with Crippen molar-refractivity contribution in [2.24, 2.45) is 11.7 Å². The van der Waals surface area contributed by atoms with Crippen molar-refractivity contribution in [2.75, 3.05) is 38.0 Å². The summed E-state index contributed by atoms with van der Waals surface area (Å²) >= 11 is 0. The number of anilines is 1. The number of piperazine rings is 1. The molecule has 1 aromatic carbocycles. The van der Waals surface area contributed by atoms with Gasteiger partial charge in [0.2, 0.25) is 11.8 Å². The van der Waals surface area contributed by atoms with E-state index in [0.29, 0.717) is 44.2 Å². The van der Waals surface area contributed by atoms with Gasteiger partial charge >= 0.3 is 0 Å². The maximum Gasteiger partial charge on any atom is 0.239 e. The lowest BCUT2D eigenvalue weighted by atomic mass is 10.0. The Morgan fingerprint density at radius 3 is 2.32 bits per heavy atom. The number of nitrogens with one attached hydrogen (secondary N) is 1. The minimum Gasteiger partial charge on any atom is -0.339 e. The highest BCUT2D eigenvalue weighted by Crippen LogP contribution is 2.10. The lowest BCUT2D eigenvalue weighted by molar-refractivity contribution is -0.134. The molecule has 0 spiro atoms. The Labute approximate surface area is 148 Å². The summed E-state index contributed by atoms with van der Waals surface area (Å²) in [7, 11) is 0. The van der Waals surface area contributed by atoms with Crippen LogP contribution >= 0.6 is 0 Å². The van der Waals surface area contributed by atoms with E-state index >= 15 is 0 Å². The molecule has 1 heterocycles. The molecule has 0 unspecified atom stereocenters. The van der Waals surface area contributed by atoms with Gasteiger partial charge in [-0.05, 0) is 36.6 Å². The second-order valence-corrected chi connectivity index (χ2v) is 6.89. The number of carbonyl (C=O) groups excluding carboxylic acids is 2. The van der Waals surface area contributed by atoms with Gasteiger partial charge in [-0.3, -0.25) is 14.5 Å². The highest BCUT2D eigenvalue weighted by atomic mass is 19.1. The van der Waals surface area contributed by atoms with Crippen LogP contribution in [0, 0.1) is 11.7 Å². The highest BCUT2D eigenvalue weighted by Gasteiger charge is 2.26. The minimum absolute atomic E-state index is 0.0101. The van der Waals surface area contributed by atoms with Crippen LogP contribution in [-0.2, 0) is 9.59 Å². The predicted octanol–water partition coefficient (Wildman–Crippen LogP) is 1.28. The fraction of sp³-hybridized carbons (Fsp3) is 0.556. The first-order chi connectivity index (χ1) is 11.8. The summed E-state index contributed by atoms with van der Waals surface area (Å²) in [5.74, 6) is -0.114. The average molecular weight is 350 g/mol. The zero-order valence-electron chi connectivity index (χ0n) is 14.9. The van der Waals surface area contributed by atoms with Crippen molar-refractivity contribution in [2.45, 2.75) is 26.3 Å². The van der Waals surface area contributed by atoms with Gasteiger partial charge in [0.15, 0.2) is 0 Å². The first-order valence-corrected chi connectivity index (χ1v) is 8.67. The Kier molecular flexibility index (Phi) is 6.90. The fourth-order valence-corrected chi connectivity index (χ4v) is 2.91. The maximum atomic E-state index is 12.9. The molecule has 2 rings (SSSR count). The van der Waals surface area contributed by atoms with Crippen molar-refractivity contribution < 1.29 is 14.0 Å². The number of nitrogens with zero attached hydrogens (tertiary/aromatic N) is 2. The third-order valence-corrected chi connectivity index (χ3v) is 4.22. The third-order valence-electron chi connectivity index (χ3n) is 4.22. The third kappa shape index (κ3) is 6.10. The van der Waals surface area contributed by atoms with Gasteiger partial charge in [-0.25, -0.2) is 4.39 Å². The molecule has 0 aliphatic carbocycles. The maximum absolute atomic E-state index is 12.9.